The predicted molar refractivity (Wildman–Crippen MR) is 100.0 cm³/mol. The number of hydrogen-bond acceptors (Lipinski definition) is 6. The molecule has 0 saturated heterocycles. The van der Waals surface area contributed by atoms with Crippen molar-refractivity contribution in [3.63, 3.8) is 0 Å². The van der Waals surface area contributed by atoms with E-state index in [9.17, 15) is 9.36 Å². The number of ether oxygens (including phenoxy) is 2. The number of rotatable bonds is 8. The van der Waals surface area contributed by atoms with Gasteiger partial charge >= 0.3 is 19.3 Å². The lowest BCUT2D eigenvalue weighted by Crippen LogP contribution is -2.23. The van der Waals surface area contributed by atoms with Crippen LogP contribution in [0.5, 0.6) is 6.01 Å². The minimum Gasteiger partial charge on any atom is -0.438 e. The minimum absolute atomic E-state index is 0.119. The second kappa shape index (κ2) is 8.11. The molecule has 0 aliphatic rings. The van der Waals surface area contributed by atoms with E-state index in [1.165, 1.54) is 4.57 Å². The number of aromatic nitrogens is 4. The van der Waals surface area contributed by atoms with Crippen LogP contribution >= 0.6 is 7.60 Å². The van der Waals surface area contributed by atoms with Gasteiger partial charge in [0, 0.05) is 7.11 Å². The molecule has 3 rings (SSSR count). The number of nitrogens with two attached hydrogens (primary N) is 1. The number of nitrogen functional groups attached to an aromatic ring is 1. The van der Waals surface area contributed by atoms with Crippen LogP contribution in [-0.4, -0.2) is 44.6 Å². The van der Waals surface area contributed by atoms with Crippen molar-refractivity contribution in [3.05, 3.63) is 45.9 Å². The fourth-order valence-electron chi connectivity index (χ4n) is 2.69. The zero-order valence-corrected chi connectivity index (χ0v) is 16.0. The molecule has 150 valence electrons. The van der Waals surface area contributed by atoms with Gasteiger partial charge < -0.3 is 25.0 Å². The maximum absolute atomic E-state index is 12.4. The largest absolute Gasteiger partial charge is 0.438 e. The van der Waals surface area contributed by atoms with E-state index in [0.29, 0.717) is 23.3 Å². The van der Waals surface area contributed by atoms with Crippen LogP contribution in [0.15, 0.2) is 29.1 Å². The van der Waals surface area contributed by atoms with Gasteiger partial charge in [0.2, 0.25) is 5.82 Å². The van der Waals surface area contributed by atoms with Crippen molar-refractivity contribution in [1.29, 1.82) is 0 Å². The van der Waals surface area contributed by atoms with E-state index < -0.39 is 7.60 Å². The topological polar surface area (TPSA) is 167 Å². The Bertz CT molecular complexity index is 1070. The lowest BCUT2D eigenvalue weighted by Gasteiger charge is -2.05. The SMILES string of the molecule is COCCOc1nc(N)c2[nH]c(=O)n(Cc3ccc(CP(=O)(O)O)cc3)c2[nH+]1. The molecule has 28 heavy (non-hydrogen) atoms. The van der Waals surface area contributed by atoms with Crippen molar-refractivity contribution in [1.82, 2.24) is 14.5 Å². The summed E-state index contributed by atoms with van der Waals surface area (Å²) in [6.07, 6.45) is -0.335. The smallest absolute Gasteiger partial charge is 0.433 e. The minimum atomic E-state index is -4.13. The van der Waals surface area contributed by atoms with E-state index in [4.69, 9.17) is 25.0 Å². The van der Waals surface area contributed by atoms with Gasteiger partial charge in [0.1, 0.15) is 6.61 Å². The molecule has 0 atom stereocenters. The highest BCUT2D eigenvalue weighted by atomic mass is 31.2. The van der Waals surface area contributed by atoms with E-state index in [1.807, 2.05) is 0 Å². The van der Waals surface area contributed by atoms with Gasteiger partial charge in [-0.15, -0.1) is 0 Å². The molecule has 0 aliphatic heterocycles. The summed E-state index contributed by atoms with van der Waals surface area (Å²) in [5.74, 6) is 0.119. The summed E-state index contributed by atoms with van der Waals surface area (Å²) in [5, 5.41) is 0. The van der Waals surface area contributed by atoms with Gasteiger partial charge in [-0.3, -0.25) is 9.55 Å². The molecule has 1 aromatic carbocycles. The third-order valence-corrected chi connectivity index (χ3v) is 4.74. The number of aromatic amines is 2. The summed E-state index contributed by atoms with van der Waals surface area (Å²) in [6.45, 7) is 0.849. The monoisotopic (exact) mass is 410 g/mol. The molecule has 0 amide bonds. The Balaban J connectivity index is 1.89. The second-order valence-electron chi connectivity index (χ2n) is 6.15. The Kier molecular flexibility index (Phi) is 5.80. The Hall–Kier alpha value is -2.72. The molecule has 0 spiro atoms. The van der Waals surface area contributed by atoms with Crippen molar-refractivity contribution in [2.45, 2.75) is 12.7 Å². The summed E-state index contributed by atoms with van der Waals surface area (Å²) in [4.78, 5) is 40.1. The first kappa shape index (κ1) is 20.0. The highest BCUT2D eigenvalue weighted by Crippen LogP contribution is 2.38. The highest BCUT2D eigenvalue weighted by molar-refractivity contribution is 7.50. The Morgan fingerprint density at radius 3 is 2.57 bits per heavy atom. The maximum atomic E-state index is 12.4. The van der Waals surface area contributed by atoms with Crippen molar-refractivity contribution in [3.8, 4) is 6.01 Å². The van der Waals surface area contributed by atoms with Crippen LogP contribution in [-0.2, 0) is 22.0 Å². The van der Waals surface area contributed by atoms with Crippen LogP contribution < -0.4 is 21.1 Å². The summed E-state index contributed by atoms with van der Waals surface area (Å²) >= 11 is 0. The fraction of sp³-hybridized carbons (Fsp3) is 0.312. The van der Waals surface area contributed by atoms with Gasteiger partial charge in [0.15, 0.2) is 5.52 Å². The summed E-state index contributed by atoms with van der Waals surface area (Å²) in [5.41, 5.74) is 7.60. The summed E-state index contributed by atoms with van der Waals surface area (Å²) < 4.78 is 22.9. The van der Waals surface area contributed by atoms with Crippen LogP contribution in [0.4, 0.5) is 5.82 Å². The highest BCUT2D eigenvalue weighted by Gasteiger charge is 2.21. The first-order valence-corrected chi connectivity index (χ1v) is 10.1. The second-order valence-corrected chi connectivity index (χ2v) is 7.79. The molecule has 2 aromatic heterocycles. The average Bonchev–Trinajstić information content (AvgIpc) is 2.92. The van der Waals surface area contributed by atoms with Crippen LogP contribution in [0.2, 0.25) is 0 Å². The number of hydrogen-bond donors (Lipinski definition) is 4. The van der Waals surface area contributed by atoms with Crippen LogP contribution in [0, 0.1) is 0 Å². The molecule has 0 bridgehead atoms. The number of fused-ring (bicyclic) bond motifs is 1. The Morgan fingerprint density at radius 2 is 1.93 bits per heavy atom. The van der Waals surface area contributed by atoms with Gasteiger partial charge in [-0.1, -0.05) is 24.3 Å². The molecular weight excluding hydrogens is 389 g/mol. The van der Waals surface area contributed by atoms with Crippen LogP contribution in [0.25, 0.3) is 11.2 Å². The van der Waals surface area contributed by atoms with Crippen LogP contribution in [0.1, 0.15) is 11.1 Å². The molecule has 12 heteroatoms. The van der Waals surface area contributed by atoms with E-state index in [2.05, 4.69) is 15.0 Å². The van der Waals surface area contributed by atoms with Gasteiger partial charge in [-0.05, 0) is 16.1 Å². The van der Waals surface area contributed by atoms with Crippen LogP contribution in [0.3, 0.4) is 0 Å². The molecule has 0 fully saturated rings. The zero-order valence-electron chi connectivity index (χ0n) is 15.1. The molecule has 0 radical (unpaired) electrons. The molecule has 3 aromatic rings. The molecular formula is C16H21N5O6P+. The lowest BCUT2D eigenvalue weighted by molar-refractivity contribution is -0.373. The average molecular weight is 410 g/mol. The molecule has 2 heterocycles. The van der Waals surface area contributed by atoms with Gasteiger partial charge in [0.05, 0.1) is 19.3 Å². The number of imidazole rings is 1. The summed E-state index contributed by atoms with van der Waals surface area (Å²) in [7, 11) is -2.58. The quantitative estimate of drug-likeness (QED) is 0.294. The number of nitrogens with zero attached hydrogens (tertiary/aromatic N) is 2. The first-order chi connectivity index (χ1) is 13.3. The number of H-pyrrole nitrogens is 2. The predicted octanol–water partition coefficient (Wildman–Crippen LogP) is -0.128. The van der Waals surface area contributed by atoms with E-state index >= 15 is 0 Å². The van der Waals surface area contributed by atoms with E-state index in [0.717, 1.165) is 5.56 Å². The Labute approximate surface area is 159 Å². The van der Waals surface area contributed by atoms with Gasteiger partial charge in [-0.2, -0.15) is 0 Å². The zero-order chi connectivity index (χ0) is 20.3. The molecule has 11 nitrogen and oxygen atoms in total. The van der Waals surface area contributed by atoms with Gasteiger partial charge in [0.25, 0.3) is 5.65 Å². The van der Waals surface area contributed by atoms with E-state index in [1.54, 1.807) is 31.4 Å². The molecule has 0 saturated carbocycles. The number of methoxy groups -OCH3 is 1. The van der Waals surface area contributed by atoms with Crippen molar-refractivity contribution < 1.29 is 28.8 Å². The first-order valence-electron chi connectivity index (χ1n) is 8.32. The Morgan fingerprint density at radius 1 is 1.25 bits per heavy atom. The third kappa shape index (κ3) is 4.76. The number of benzene rings is 1. The van der Waals surface area contributed by atoms with Crippen molar-refractivity contribution in [2.75, 3.05) is 26.1 Å². The molecule has 0 unspecified atom stereocenters. The van der Waals surface area contributed by atoms with Gasteiger partial charge in [-0.25, -0.2) is 14.3 Å². The van der Waals surface area contributed by atoms with Crippen molar-refractivity contribution >= 4 is 24.6 Å². The summed E-state index contributed by atoms with van der Waals surface area (Å²) in [6, 6.07) is 6.81. The molecule has 0 aliphatic carbocycles. The lowest BCUT2D eigenvalue weighted by atomic mass is 10.1. The maximum Gasteiger partial charge on any atom is 0.433 e. The fourth-order valence-corrected chi connectivity index (χ4v) is 3.38. The normalized spacial score (nSPS) is 11.8. The van der Waals surface area contributed by atoms with Crippen molar-refractivity contribution in [2.24, 2.45) is 0 Å². The van der Waals surface area contributed by atoms with E-state index in [-0.39, 0.29) is 36.8 Å². The third-order valence-electron chi connectivity index (χ3n) is 3.97. The number of nitrogens with one attached hydrogen (secondary N) is 2. The molecule has 6 N–H and O–H groups in total. The number of anilines is 1. The standard InChI is InChI=1S/C16H20N5O6P/c1-26-6-7-27-15-19-13(17)12-14(20-15)21(16(22)18-12)8-10-2-4-11(5-3-10)9-28(23,24)25/h2-5H,6-9H2,1H3,(H,18,22)(H2,17,19,20)(H2,23,24,25)/p+1.